The van der Waals surface area contributed by atoms with Crippen LogP contribution in [-0.2, 0) is 4.74 Å². The molecule has 7 nitrogen and oxygen atoms in total. The number of aromatic hydroxyl groups is 1. The summed E-state index contributed by atoms with van der Waals surface area (Å²) >= 11 is 6.52. The number of nitrogens with one attached hydrogen (secondary N) is 1. The summed E-state index contributed by atoms with van der Waals surface area (Å²) in [4.78, 5) is 9.95. The number of aryl methyl sites for hydroxylation is 1. The summed E-state index contributed by atoms with van der Waals surface area (Å²) in [5.41, 5.74) is 6.83. The highest BCUT2D eigenvalue weighted by Crippen LogP contribution is 2.36. The van der Waals surface area contributed by atoms with Crippen LogP contribution in [0.4, 0.5) is 16.2 Å². The number of hydrogen-bond acceptors (Lipinski definition) is 7. The van der Waals surface area contributed by atoms with Gasteiger partial charge in [0.25, 0.3) is 0 Å². The average Bonchev–Trinajstić information content (AvgIpc) is 2.80. The predicted octanol–water partition coefficient (Wildman–Crippen LogP) is 2.49. The van der Waals surface area contributed by atoms with Crippen LogP contribution < -0.4 is 15.8 Å². The zero-order valence-corrected chi connectivity index (χ0v) is 18.5. The van der Waals surface area contributed by atoms with E-state index in [0.29, 0.717) is 31.9 Å². The zero-order chi connectivity index (χ0) is 22.7. The van der Waals surface area contributed by atoms with Crippen LogP contribution in [0.2, 0.25) is 5.02 Å². The first-order valence-electron chi connectivity index (χ1n) is 10.2. The summed E-state index contributed by atoms with van der Waals surface area (Å²) in [6.45, 7) is 4.13. The van der Waals surface area contributed by atoms with Crippen molar-refractivity contribution in [3.63, 3.8) is 0 Å². The minimum atomic E-state index is -0.506. The van der Waals surface area contributed by atoms with Gasteiger partial charge in [0.1, 0.15) is 13.6 Å². The fourth-order valence-electron chi connectivity index (χ4n) is 3.64. The van der Waals surface area contributed by atoms with Crippen molar-refractivity contribution < 1.29 is 14.2 Å². The standard InChI is InChI=1S/C22H22BClFN5O2/c1-13-4-2-3-5-15(13)18-16(23)10-14(20(31)19(18)24)11-27-29-22-26-12-17(25)21(28-22)30-6-8-32-9-7-30/h2-5,10-12,31H,6-9,23H2,1H3,(H,26,28,29)/b27-11-. The van der Waals surface area contributed by atoms with Crippen molar-refractivity contribution in [1.82, 2.24) is 9.97 Å². The van der Waals surface area contributed by atoms with Crippen LogP contribution in [0.15, 0.2) is 41.6 Å². The Kier molecular flexibility index (Phi) is 6.57. The molecule has 4 rings (SSSR count). The van der Waals surface area contributed by atoms with Crippen molar-refractivity contribution in [2.24, 2.45) is 5.10 Å². The average molecular weight is 454 g/mol. The number of halogens is 2. The van der Waals surface area contributed by atoms with E-state index in [1.54, 1.807) is 11.0 Å². The van der Waals surface area contributed by atoms with E-state index in [1.807, 2.05) is 39.0 Å². The van der Waals surface area contributed by atoms with E-state index in [-0.39, 0.29) is 22.5 Å². The van der Waals surface area contributed by atoms with Crippen LogP contribution in [0.1, 0.15) is 11.1 Å². The molecule has 1 fully saturated rings. The van der Waals surface area contributed by atoms with Gasteiger partial charge < -0.3 is 14.7 Å². The van der Waals surface area contributed by atoms with Gasteiger partial charge in [0, 0.05) is 18.7 Å². The first kappa shape index (κ1) is 22.0. The third kappa shape index (κ3) is 4.54. The van der Waals surface area contributed by atoms with Crippen molar-refractivity contribution in [3.8, 4) is 16.9 Å². The summed E-state index contributed by atoms with van der Waals surface area (Å²) in [5, 5.41) is 15.0. The highest BCUT2D eigenvalue weighted by atomic mass is 35.5. The van der Waals surface area contributed by atoms with E-state index >= 15 is 0 Å². The maximum atomic E-state index is 14.2. The lowest BCUT2D eigenvalue weighted by molar-refractivity contribution is 0.122. The molecular weight excluding hydrogens is 432 g/mol. The molecule has 0 aliphatic carbocycles. The molecule has 2 aromatic carbocycles. The molecule has 0 radical (unpaired) electrons. The molecule has 32 heavy (non-hydrogen) atoms. The van der Waals surface area contributed by atoms with Gasteiger partial charge in [-0.2, -0.15) is 10.1 Å². The van der Waals surface area contributed by atoms with Crippen LogP contribution in [0.5, 0.6) is 5.75 Å². The lowest BCUT2D eigenvalue weighted by Gasteiger charge is -2.27. The van der Waals surface area contributed by atoms with Crippen LogP contribution >= 0.6 is 11.6 Å². The van der Waals surface area contributed by atoms with Crippen molar-refractivity contribution >= 4 is 42.9 Å². The van der Waals surface area contributed by atoms with Crippen LogP contribution in [-0.4, -0.2) is 55.4 Å². The number of hydrazone groups is 1. The lowest BCUT2D eigenvalue weighted by Crippen LogP contribution is -2.37. The number of ether oxygens (including phenoxy) is 1. The number of phenolic OH excluding ortho intramolecular Hbond substituents is 1. The van der Waals surface area contributed by atoms with Crippen molar-refractivity contribution in [3.05, 3.63) is 58.5 Å². The third-order valence-corrected chi connectivity index (χ3v) is 5.65. The van der Waals surface area contributed by atoms with E-state index in [2.05, 4.69) is 20.5 Å². The first-order valence-corrected chi connectivity index (χ1v) is 10.6. The Morgan fingerprint density at radius 3 is 2.81 bits per heavy atom. The monoisotopic (exact) mass is 453 g/mol. The molecule has 2 N–H and O–H groups in total. The molecule has 0 unspecified atom stereocenters. The molecule has 2 heterocycles. The lowest BCUT2D eigenvalue weighted by atomic mass is 9.84. The minimum absolute atomic E-state index is 0.0740. The van der Waals surface area contributed by atoms with Gasteiger partial charge in [-0.1, -0.05) is 47.4 Å². The smallest absolute Gasteiger partial charge is 0.245 e. The maximum Gasteiger partial charge on any atom is 0.245 e. The Morgan fingerprint density at radius 2 is 2.06 bits per heavy atom. The fourth-order valence-corrected chi connectivity index (χ4v) is 4.00. The summed E-state index contributed by atoms with van der Waals surface area (Å²) in [7, 11) is 1.93. The normalized spacial score (nSPS) is 14.2. The van der Waals surface area contributed by atoms with E-state index in [4.69, 9.17) is 16.3 Å². The quantitative estimate of drug-likeness (QED) is 0.351. The molecule has 0 spiro atoms. The molecule has 164 valence electrons. The summed E-state index contributed by atoms with van der Waals surface area (Å²) in [5.74, 6) is -0.239. The molecule has 1 saturated heterocycles. The first-order chi connectivity index (χ1) is 15.5. The van der Waals surface area contributed by atoms with E-state index in [1.165, 1.54) is 6.21 Å². The number of aromatic nitrogens is 2. The molecule has 1 aliphatic heterocycles. The van der Waals surface area contributed by atoms with Crippen molar-refractivity contribution in [2.75, 3.05) is 36.6 Å². The summed E-state index contributed by atoms with van der Waals surface area (Å²) < 4.78 is 19.5. The molecule has 3 aromatic rings. The Labute approximate surface area is 191 Å². The van der Waals surface area contributed by atoms with Gasteiger partial charge in [-0.3, -0.25) is 0 Å². The molecule has 1 aromatic heterocycles. The summed E-state index contributed by atoms with van der Waals surface area (Å²) in [6, 6.07) is 9.66. The third-order valence-electron chi connectivity index (χ3n) is 5.29. The number of phenols is 1. The largest absolute Gasteiger partial charge is 0.506 e. The minimum Gasteiger partial charge on any atom is -0.506 e. The maximum absolute atomic E-state index is 14.2. The van der Waals surface area contributed by atoms with Gasteiger partial charge in [0.15, 0.2) is 11.6 Å². The molecule has 10 heteroatoms. The zero-order valence-electron chi connectivity index (χ0n) is 17.8. The van der Waals surface area contributed by atoms with Gasteiger partial charge in [-0.05, 0) is 23.6 Å². The highest BCUT2D eigenvalue weighted by molar-refractivity contribution is 6.43. The van der Waals surface area contributed by atoms with E-state index < -0.39 is 5.82 Å². The molecule has 0 atom stereocenters. The number of benzene rings is 2. The van der Waals surface area contributed by atoms with Crippen LogP contribution in [0.3, 0.4) is 0 Å². The van der Waals surface area contributed by atoms with Gasteiger partial charge in [0.2, 0.25) is 5.95 Å². The molecule has 0 amide bonds. The van der Waals surface area contributed by atoms with Gasteiger partial charge in [-0.15, -0.1) is 0 Å². The Morgan fingerprint density at radius 1 is 1.31 bits per heavy atom. The van der Waals surface area contributed by atoms with Gasteiger partial charge >= 0.3 is 0 Å². The molecule has 0 bridgehead atoms. The molecular formula is C22H22BClFN5O2. The van der Waals surface area contributed by atoms with E-state index in [0.717, 1.165) is 28.4 Å². The Balaban J connectivity index is 1.56. The Hall–Kier alpha value is -3.17. The van der Waals surface area contributed by atoms with Crippen LogP contribution in [0.25, 0.3) is 11.1 Å². The Bertz CT molecular complexity index is 1170. The van der Waals surface area contributed by atoms with Crippen molar-refractivity contribution in [1.29, 1.82) is 0 Å². The number of hydrogen-bond donors (Lipinski definition) is 2. The SMILES string of the molecule is Bc1cc(/C=N\Nc2ncc(F)c(N3CCOCC3)n2)c(O)c(Cl)c1-c1ccccc1C. The topological polar surface area (TPSA) is 82.9 Å². The number of rotatable bonds is 5. The summed E-state index contributed by atoms with van der Waals surface area (Å²) in [6.07, 6.45) is 2.53. The van der Waals surface area contributed by atoms with Gasteiger partial charge in [-0.25, -0.2) is 14.8 Å². The highest BCUT2D eigenvalue weighted by Gasteiger charge is 2.18. The second-order valence-electron chi connectivity index (χ2n) is 7.47. The molecule has 1 aliphatic rings. The number of anilines is 2. The van der Waals surface area contributed by atoms with Crippen molar-refractivity contribution in [2.45, 2.75) is 6.92 Å². The second-order valence-corrected chi connectivity index (χ2v) is 7.85. The fraction of sp³-hybridized carbons (Fsp3) is 0.227. The molecule has 0 saturated carbocycles. The predicted molar refractivity (Wildman–Crippen MR) is 128 cm³/mol. The van der Waals surface area contributed by atoms with E-state index in [9.17, 15) is 9.50 Å². The second kappa shape index (κ2) is 9.54. The van der Waals surface area contributed by atoms with Gasteiger partial charge in [0.05, 0.1) is 30.6 Å². The number of morpholine rings is 1. The van der Waals surface area contributed by atoms with Crippen LogP contribution in [0, 0.1) is 12.7 Å². The number of nitrogens with zero attached hydrogens (tertiary/aromatic N) is 4.